The van der Waals surface area contributed by atoms with Crippen LogP contribution in [0.15, 0.2) is 0 Å². The van der Waals surface area contributed by atoms with Gasteiger partial charge in [0, 0.05) is 0 Å². The fourth-order valence-electron chi connectivity index (χ4n) is 8.67. The predicted molar refractivity (Wildman–Crippen MR) is 184 cm³/mol. The SMILES string of the molecule is CC1CC(C)C(C)C1.CC1CC(C)[C@@H](C)C1.CC1CCC(C)(C)C1.CC1CCC(C)C1C.CC1CCC(C)C1C. The first-order chi connectivity index (χ1) is 18.4. The molecule has 0 aromatic carbocycles. The minimum atomic E-state index is 0.666. The molecule has 0 saturated heterocycles. The monoisotopic (exact) mass is 561 g/mol. The van der Waals surface area contributed by atoms with Gasteiger partial charge in [-0.2, -0.15) is 0 Å². The van der Waals surface area contributed by atoms with E-state index < -0.39 is 0 Å². The summed E-state index contributed by atoms with van der Waals surface area (Å²) >= 11 is 0. The second-order valence-corrected chi connectivity index (χ2v) is 17.9. The number of hydrogen-bond donors (Lipinski definition) is 0. The van der Waals surface area contributed by atoms with Crippen molar-refractivity contribution in [3.05, 3.63) is 0 Å². The first-order valence-electron chi connectivity index (χ1n) is 18.4. The Balaban J connectivity index is 0.000000250. The van der Waals surface area contributed by atoms with Gasteiger partial charge in [0.05, 0.1) is 0 Å². The average molecular weight is 561 g/mol. The van der Waals surface area contributed by atoms with Crippen LogP contribution in [0.25, 0.3) is 0 Å². The third kappa shape index (κ3) is 14.0. The van der Waals surface area contributed by atoms with Crippen LogP contribution in [0.3, 0.4) is 0 Å². The molecular weight excluding hydrogens is 480 g/mol. The van der Waals surface area contributed by atoms with Gasteiger partial charge in [0.2, 0.25) is 0 Å². The highest BCUT2D eigenvalue weighted by Crippen LogP contribution is 2.40. The van der Waals surface area contributed by atoms with Crippen molar-refractivity contribution in [1.29, 1.82) is 0 Å². The molecule has 0 nitrogen and oxygen atoms in total. The molecule has 0 aromatic heterocycles. The normalized spacial score (nSPS) is 45.2. The van der Waals surface area contributed by atoms with Gasteiger partial charge in [0.1, 0.15) is 0 Å². The van der Waals surface area contributed by atoms with Crippen molar-refractivity contribution in [2.75, 3.05) is 0 Å². The van der Waals surface area contributed by atoms with E-state index in [9.17, 15) is 0 Å². The van der Waals surface area contributed by atoms with Crippen molar-refractivity contribution in [2.24, 2.45) is 82.3 Å². The van der Waals surface area contributed by atoms with Crippen molar-refractivity contribution >= 4 is 0 Å². The maximum atomic E-state index is 2.38. The molecule has 0 heteroatoms. The molecule has 9 unspecified atom stereocenters. The summed E-state index contributed by atoms with van der Waals surface area (Å²) in [6.45, 7) is 35.5. The number of hydrogen-bond acceptors (Lipinski definition) is 0. The minimum absolute atomic E-state index is 0.666. The molecule has 0 spiro atoms. The zero-order valence-electron chi connectivity index (χ0n) is 30.8. The summed E-state index contributed by atoms with van der Waals surface area (Å²) in [6.07, 6.45) is 16.0. The van der Waals surface area contributed by atoms with Crippen LogP contribution >= 0.6 is 0 Å². The summed E-state index contributed by atoms with van der Waals surface area (Å²) in [6, 6.07) is 0. The largest absolute Gasteiger partial charge is 0.0625 e. The van der Waals surface area contributed by atoms with Gasteiger partial charge in [-0.25, -0.2) is 0 Å². The van der Waals surface area contributed by atoms with Crippen molar-refractivity contribution < 1.29 is 0 Å². The number of rotatable bonds is 0. The van der Waals surface area contributed by atoms with Crippen LogP contribution in [0.2, 0.25) is 0 Å². The Kier molecular flexibility index (Phi) is 17.1. The van der Waals surface area contributed by atoms with E-state index in [1.54, 1.807) is 0 Å². The first-order valence-corrected chi connectivity index (χ1v) is 18.4. The minimum Gasteiger partial charge on any atom is -0.0625 e. The van der Waals surface area contributed by atoms with Crippen LogP contribution in [0.4, 0.5) is 0 Å². The Bertz CT molecular complexity index is 562. The molecule has 5 fully saturated rings. The van der Waals surface area contributed by atoms with E-state index in [4.69, 9.17) is 0 Å². The van der Waals surface area contributed by atoms with E-state index in [2.05, 4.69) is 104 Å². The van der Waals surface area contributed by atoms with Gasteiger partial charge in [-0.15, -0.1) is 0 Å². The maximum Gasteiger partial charge on any atom is -0.0352 e. The average Bonchev–Trinajstić information content (AvgIpc) is 3.61. The Labute approximate surface area is 256 Å². The predicted octanol–water partition coefficient (Wildman–Crippen LogP) is 13.6. The highest BCUT2D eigenvalue weighted by atomic mass is 14.3. The lowest BCUT2D eigenvalue weighted by Gasteiger charge is -2.15. The van der Waals surface area contributed by atoms with Crippen molar-refractivity contribution in [3.8, 4) is 0 Å². The molecule has 0 N–H and O–H groups in total. The Morgan fingerprint density at radius 1 is 0.350 bits per heavy atom. The van der Waals surface area contributed by atoms with Crippen molar-refractivity contribution in [1.82, 2.24) is 0 Å². The van der Waals surface area contributed by atoms with Gasteiger partial charge in [-0.1, -0.05) is 136 Å². The summed E-state index contributed by atoms with van der Waals surface area (Å²) in [5, 5.41) is 0. The van der Waals surface area contributed by atoms with Crippen molar-refractivity contribution in [3.63, 3.8) is 0 Å². The molecule has 0 aromatic rings. The summed E-state index contributed by atoms with van der Waals surface area (Å²) in [5.41, 5.74) is 0.666. The smallest absolute Gasteiger partial charge is 0.0352 e. The molecular formula is C40H80. The lowest BCUT2D eigenvalue weighted by atomic mass is 9.91. The molecule has 5 aliphatic carbocycles. The molecule has 5 aliphatic rings. The van der Waals surface area contributed by atoms with E-state index in [0.717, 1.165) is 76.9 Å². The van der Waals surface area contributed by atoms with Crippen LogP contribution in [0, 0.1) is 82.3 Å². The standard InChI is InChI=1S/5C8H16/c2*1-6-4-7(2)8(3)5-6;1-7-4-5-8(2,3)6-7;2*1-6-4-5-7(2)8(6)3/h2*6-8H,4-5H2,1-3H3;7H,4-6H2,1-3H3;2*6-8H,4-5H2,1-3H3/t6?,7-,8?;;;;/m0..../s1. The van der Waals surface area contributed by atoms with Crippen LogP contribution in [0.1, 0.15) is 174 Å². The molecule has 0 radical (unpaired) electrons. The Hall–Kier alpha value is 0. The lowest BCUT2D eigenvalue weighted by Crippen LogP contribution is -2.04. The zero-order chi connectivity index (χ0) is 30.8. The van der Waals surface area contributed by atoms with Gasteiger partial charge in [0.15, 0.2) is 0 Å². The second-order valence-electron chi connectivity index (χ2n) is 17.9. The molecule has 10 atom stereocenters. The summed E-state index contributed by atoms with van der Waals surface area (Å²) in [4.78, 5) is 0. The van der Waals surface area contributed by atoms with E-state index in [1.165, 1.54) is 70.6 Å². The van der Waals surface area contributed by atoms with E-state index in [1.807, 2.05) is 0 Å². The molecule has 0 heterocycles. The van der Waals surface area contributed by atoms with Gasteiger partial charge < -0.3 is 0 Å². The van der Waals surface area contributed by atoms with Gasteiger partial charge >= 0.3 is 0 Å². The van der Waals surface area contributed by atoms with Crippen LogP contribution in [0.5, 0.6) is 0 Å². The molecule has 240 valence electrons. The highest BCUT2D eigenvalue weighted by molar-refractivity contribution is 4.80. The topological polar surface area (TPSA) is 0 Å². The molecule has 0 amide bonds. The fourth-order valence-corrected chi connectivity index (χ4v) is 8.67. The maximum absolute atomic E-state index is 2.38. The highest BCUT2D eigenvalue weighted by Gasteiger charge is 2.28. The van der Waals surface area contributed by atoms with Crippen molar-refractivity contribution in [2.45, 2.75) is 174 Å². The van der Waals surface area contributed by atoms with Crippen LogP contribution in [-0.2, 0) is 0 Å². The third-order valence-electron chi connectivity index (χ3n) is 13.0. The van der Waals surface area contributed by atoms with Crippen LogP contribution < -0.4 is 0 Å². The van der Waals surface area contributed by atoms with E-state index in [0.29, 0.717) is 5.41 Å². The Morgan fingerprint density at radius 3 is 0.700 bits per heavy atom. The molecule has 5 saturated carbocycles. The van der Waals surface area contributed by atoms with E-state index >= 15 is 0 Å². The zero-order valence-corrected chi connectivity index (χ0v) is 30.8. The molecule has 0 bridgehead atoms. The summed E-state index contributed by atoms with van der Waals surface area (Å²) < 4.78 is 0. The van der Waals surface area contributed by atoms with Gasteiger partial charge in [0.25, 0.3) is 0 Å². The summed E-state index contributed by atoms with van der Waals surface area (Å²) in [5.74, 6) is 12.9. The Morgan fingerprint density at radius 2 is 0.625 bits per heavy atom. The van der Waals surface area contributed by atoms with Gasteiger partial charge in [-0.05, 0) is 121 Å². The van der Waals surface area contributed by atoms with E-state index in [-0.39, 0.29) is 0 Å². The summed E-state index contributed by atoms with van der Waals surface area (Å²) in [7, 11) is 0. The van der Waals surface area contributed by atoms with Gasteiger partial charge in [-0.3, -0.25) is 0 Å². The quantitative estimate of drug-likeness (QED) is 0.276. The first kappa shape index (κ1) is 38.0. The second kappa shape index (κ2) is 18.0. The molecule has 40 heavy (non-hydrogen) atoms. The fraction of sp³-hybridized carbons (Fsp3) is 1.00. The lowest BCUT2D eigenvalue weighted by molar-refractivity contribution is 0.366. The third-order valence-corrected chi connectivity index (χ3v) is 13.0. The molecule has 0 aliphatic heterocycles. The molecule has 5 rings (SSSR count). The van der Waals surface area contributed by atoms with Crippen LogP contribution in [-0.4, -0.2) is 0 Å².